The Morgan fingerprint density at radius 1 is 1.50 bits per heavy atom. The van der Waals surface area contributed by atoms with Crippen molar-refractivity contribution >= 4 is 29.5 Å². The van der Waals surface area contributed by atoms with Crippen LogP contribution in [-0.4, -0.2) is 46.8 Å². The molecule has 2 amide bonds. The summed E-state index contributed by atoms with van der Waals surface area (Å²) < 4.78 is 4.79. The SMILES string of the molecule is CCCCN1C(=O)CC(SCCOC(C)=O)C1=O. The van der Waals surface area contributed by atoms with E-state index >= 15 is 0 Å². The number of likely N-dealkylation sites (tertiary alicyclic amines) is 1. The van der Waals surface area contributed by atoms with Crippen molar-refractivity contribution in [3.05, 3.63) is 0 Å². The van der Waals surface area contributed by atoms with Crippen molar-refractivity contribution in [2.75, 3.05) is 18.9 Å². The molecule has 1 rings (SSSR count). The van der Waals surface area contributed by atoms with Crippen LogP contribution in [-0.2, 0) is 19.1 Å². The van der Waals surface area contributed by atoms with E-state index in [-0.39, 0.29) is 36.1 Å². The number of rotatable bonds is 7. The van der Waals surface area contributed by atoms with Gasteiger partial charge in [-0.05, 0) is 6.42 Å². The third-order valence-corrected chi connectivity index (χ3v) is 3.82. The standard InChI is InChI=1S/C12H19NO4S/c1-3-4-5-13-11(15)8-10(12(13)16)18-7-6-17-9(2)14/h10H,3-8H2,1-2H3. The molecular weight excluding hydrogens is 254 g/mol. The summed E-state index contributed by atoms with van der Waals surface area (Å²) in [7, 11) is 0. The second kappa shape index (κ2) is 7.41. The average molecular weight is 273 g/mol. The Morgan fingerprint density at radius 3 is 2.83 bits per heavy atom. The van der Waals surface area contributed by atoms with E-state index in [9.17, 15) is 14.4 Å². The Balaban J connectivity index is 2.33. The number of hydrogen-bond acceptors (Lipinski definition) is 5. The Kier molecular flexibility index (Phi) is 6.18. The Bertz CT molecular complexity index is 332. The maximum atomic E-state index is 11.9. The molecule has 0 saturated carbocycles. The summed E-state index contributed by atoms with van der Waals surface area (Å²) in [5.41, 5.74) is 0. The maximum absolute atomic E-state index is 11.9. The normalized spacial score (nSPS) is 19.4. The number of esters is 1. The lowest BCUT2D eigenvalue weighted by Crippen LogP contribution is -2.32. The number of ether oxygens (including phenoxy) is 1. The molecule has 0 aromatic rings. The first-order valence-corrected chi connectivity index (χ1v) is 7.20. The number of unbranched alkanes of at least 4 members (excludes halogenated alkanes) is 1. The predicted molar refractivity (Wildman–Crippen MR) is 69.1 cm³/mol. The molecule has 0 spiro atoms. The molecule has 1 fully saturated rings. The first-order valence-electron chi connectivity index (χ1n) is 6.15. The van der Waals surface area contributed by atoms with Crippen LogP contribution < -0.4 is 0 Å². The highest BCUT2D eigenvalue weighted by Crippen LogP contribution is 2.25. The molecule has 102 valence electrons. The third-order valence-electron chi connectivity index (χ3n) is 2.65. The molecule has 0 radical (unpaired) electrons. The summed E-state index contributed by atoms with van der Waals surface area (Å²) in [5, 5.41) is -0.301. The summed E-state index contributed by atoms with van der Waals surface area (Å²) >= 11 is 1.39. The van der Waals surface area contributed by atoms with Crippen molar-refractivity contribution < 1.29 is 19.1 Å². The highest BCUT2D eigenvalue weighted by Gasteiger charge is 2.38. The quantitative estimate of drug-likeness (QED) is 0.396. The van der Waals surface area contributed by atoms with E-state index in [4.69, 9.17) is 4.74 Å². The van der Waals surface area contributed by atoms with Crippen LogP contribution in [0.5, 0.6) is 0 Å². The first kappa shape index (κ1) is 15.0. The van der Waals surface area contributed by atoms with E-state index in [1.807, 2.05) is 6.92 Å². The number of hydrogen-bond donors (Lipinski definition) is 0. The summed E-state index contributed by atoms with van der Waals surface area (Å²) in [6, 6.07) is 0. The molecule has 0 aromatic carbocycles. The highest BCUT2D eigenvalue weighted by molar-refractivity contribution is 8.00. The molecule has 1 unspecified atom stereocenters. The minimum Gasteiger partial charge on any atom is -0.465 e. The Hall–Kier alpha value is -1.04. The molecule has 1 aliphatic heterocycles. The van der Waals surface area contributed by atoms with Gasteiger partial charge in [-0.2, -0.15) is 0 Å². The monoisotopic (exact) mass is 273 g/mol. The van der Waals surface area contributed by atoms with E-state index in [1.165, 1.54) is 23.6 Å². The molecule has 1 saturated heterocycles. The van der Waals surface area contributed by atoms with Crippen LogP contribution in [0.15, 0.2) is 0 Å². The lowest BCUT2D eigenvalue weighted by Gasteiger charge is -2.13. The lowest BCUT2D eigenvalue weighted by atomic mass is 10.3. The van der Waals surface area contributed by atoms with Gasteiger partial charge in [-0.3, -0.25) is 19.3 Å². The third kappa shape index (κ3) is 4.33. The summed E-state index contributed by atoms with van der Waals surface area (Å²) in [4.78, 5) is 35.5. The van der Waals surface area contributed by atoms with Crippen LogP contribution in [0.3, 0.4) is 0 Å². The van der Waals surface area contributed by atoms with Crippen molar-refractivity contribution in [1.82, 2.24) is 4.90 Å². The molecule has 5 nitrogen and oxygen atoms in total. The van der Waals surface area contributed by atoms with E-state index in [0.717, 1.165) is 12.8 Å². The van der Waals surface area contributed by atoms with Crippen molar-refractivity contribution in [2.45, 2.75) is 38.4 Å². The van der Waals surface area contributed by atoms with Gasteiger partial charge in [0.2, 0.25) is 11.8 Å². The van der Waals surface area contributed by atoms with Gasteiger partial charge >= 0.3 is 5.97 Å². The number of carbonyl (C=O) groups excluding carboxylic acids is 3. The van der Waals surface area contributed by atoms with Crippen LogP contribution in [0.2, 0.25) is 0 Å². The number of imide groups is 1. The fourth-order valence-corrected chi connectivity index (χ4v) is 2.70. The Labute approximate surface area is 111 Å². The molecule has 6 heteroatoms. The topological polar surface area (TPSA) is 63.7 Å². The first-order chi connectivity index (χ1) is 8.56. The second-order valence-corrected chi connectivity index (χ2v) is 5.45. The number of carbonyl (C=O) groups is 3. The van der Waals surface area contributed by atoms with Gasteiger partial charge in [0, 0.05) is 25.6 Å². The summed E-state index contributed by atoms with van der Waals surface area (Å²) in [6.45, 7) is 4.18. The highest BCUT2D eigenvalue weighted by atomic mass is 32.2. The molecule has 0 aromatic heterocycles. The molecule has 18 heavy (non-hydrogen) atoms. The smallest absolute Gasteiger partial charge is 0.302 e. The zero-order valence-corrected chi connectivity index (χ0v) is 11.6. The fourth-order valence-electron chi connectivity index (χ4n) is 1.71. The van der Waals surface area contributed by atoms with Gasteiger partial charge < -0.3 is 4.74 Å². The molecule has 0 bridgehead atoms. The van der Waals surface area contributed by atoms with Gasteiger partial charge in [-0.15, -0.1) is 11.8 Å². The lowest BCUT2D eigenvalue weighted by molar-refractivity contribution is -0.140. The molecule has 1 heterocycles. The average Bonchev–Trinajstić information content (AvgIpc) is 2.58. The van der Waals surface area contributed by atoms with E-state index in [1.54, 1.807) is 0 Å². The number of nitrogens with zero attached hydrogens (tertiary/aromatic N) is 1. The largest absolute Gasteiger partial charge is 0.465 e. The van der Waals surface area contributed by atoms with Gasteiger partial charge in [0.25, 0.3) is 0 Å². The minimum atomic E-state index is -0.325. The minimum absolute atomic E-state index is 0.0848. The van der Waals surface area contributed by atoms with Crippen LogP contribution in [0.1, 0.15) is 33.1 Å². The van der Waals surface area contributed by atoms with Crippen molar-refractivity contribution in [3.63, 3.8) is 0 Å². The van der Waals surface area contributed by atoms with Crippen molar-refractivity contribution in [2.24, 2.45) is 0 Å². The summed E-state index contributed by atoms with van der Waals surface area (Å²) in [6.07, 6.45) is 2.08. The van der Waals surface area contributed by atoms with Gasteiger partial charge in [0.05, 0.1) is 5.25 Å². The molecule has 1 aliphatic rings. The molecular formula is C12H19NO4S. The van der Waals surface area contributed by atoms with E-state index < -0.39 is 0 Å². The molecule has 0 N–H and O–H groups in total. The fraction of sp³-hybridized carbons (Fsp3) is 0.750. The number of amides is 2. The van der Waals surface area contributed by atoms with Crippen LogP contribution in [0.25, 0.3) is 0 Å². The second-order valence-electron chi connectivity index (χ2n) is 4.14. The van der Waals surface area contributed by atoms with E-state index in [2.05, 4.69) is 0 Å². The van der Waals surface area contributed by atoms with Crippen LogP contribution in [0.4, 0.5) is 0 Å². The zero-order chi connectivity index (χ0) is 13.5. The molecule has 1 atom stereocenters. The number of thioether (sulfide) groups is 1. The van der Waals surface area contributed by atoms with Gasteiger partial charge in [0.15, 0.2) is 0 Å². The van der Waals surface area contributed by atoms with Crippen LogP contribution >= 0.6 is 11.8 Å². The predicted octanol–water partition coefficient (Wildman–Crippen LogP) is 1.21. The van der Waals surface area contributed by atoms with Crippen molar-refractivity contribution in [1.29, 1.82) is 0 Å². The summed E-state index contributed by atoms with van der Waals surface area (Å²) in [5.74, 6) is 0.0407. The zero-order valence-electron chi connectivity index (χ0n) is 10.8. The van der Waals surface area contributed by atoms with Gasteiger partial charge in [-0.25, -0.2) is 0 Å². The van der Waals surface area contributed by atoms with Gasteiger partial charge in [0.1, 0.15) is 6.61 Å². The van der Waals surface area contributed by atoms with E-state index in [0.29, 0.717) is 12.3 Å². The molecule has 0 aliphatic carbocycles. The van der Waals surface area contributed by atoms with Crippen molar-refractivity contribution in [3.8, 4) is 0 Å². The van der Waals surface area contributed by atoms with Crippen LogP contribution in [0, 0.1) is 0 Å². The maximum Gasteiger partial charge on any atom is 0.302 e. The Morgan fingerprint density at radius 2 is 2.22 bits per heavy atom. The van der Waals surface area contributed by atoms with Gasteiger partial charge in [-0.1, -0.05) is 13.3 Å².